The minimum atomic E-state index is -1.84. The quantitative estimate of drug-likeness (QED) is 0.744. The standard InChI is InChI=1S/C14H19N5O5P/c1-13(2)14(4-22-25(3)21)9(20)8(23-13)12(24-14)19-6-18-7-10(15)16-5-17-11(7)19/h5-6,8-9,12,20H,4H2,1-3H3,(H2,15,16,17)/q+1/t8-,9+,12-,14-/m1/s1. The predicted molar refractivity (Wildman–Crippen MR) is 87.0 cm³/mol. The van der Waals surface area contributed by atoms with Crippen LogP contribution in [0.1, 0.15) is 20.1 Å². The second-order valence-electron chi connectivity index (χ2n) is 6.73. The van der Waals surface area contributed by atoms with Crippen LogP contribution in [-0.4, -0.2) is 61.3 Å². The summed E-state index contributed by atoms with van der Waals surface area (Å²) in [5.74, 6) is 0.259. The van der Waals surface area contributed by atoms with Crippen molar-refractivity contribution in [2.75, 3.05) is 19.0 Å². The first-order valence-electron chi connectivity index (χ1n) is 7.77. The molecule has 0 aromatic carbocycles. The molecule has 0 saturated carbocycles. The molecular weight excluding hydrogens is 349 g/mol. The maximum absolute atomic E-state index is 11.4. The van der Waals surface area contributed by atoms with Gasteiger partial charge in [-0.05, 0) is 18.4 Å². The van der Waals surface area contributed by atoms with Gasteiger partial charge in [0.05, 0.1) is 11.9 Å². The zero-order valence-electron chi connectivity index (χ0n) is 14.0. The molecule has 2 bridgehead atoms. The van der Waals surface area contributed by atoms with Crippen LogP contribution in [0.2, 0.25) is 0 Å². The molecule has 0 amide bonds. The van der Waals surface area contributed by atoms with Gasteiger partial charge in [-0.2, -0.15) is 0 Å². The summed E-state index contributed by atoms with van der Waals surface area (Å²) in [5, 5.41) is 10.8. The number of nitrogens with two attached hydrogens (primary N) is 1. The summed E-state index contributed by atoms with van der Waals surface area (Å²) < 4.78 is 30.6. The lowest BCUT2D eigenvalue weighted by molar-refractivity contribution is -0.254. The Morgan fingerprint density at radius 3 is 2.88 bits per heavy atom. The number of aliphatic hydroxyl groups is 1. The van der Waals surface area contributed by atoms with Crippen LogP contribution in [0.3, 0.4) is 0 Å². The lowest BCUT2D eigenvalue weighted by atomic mass is 9.84. The Hall–Kier alpha value is -1.71. The van der Waals surface area contributed by atoms with E-state index in [9.17, 15) is 9.67 Å². The van der Waals surface area contributed by atoms with Crippen molar-refractivity contribution >= 4 is 25.0 Å². The molecule has 0 aliphatic carbocycles. The molecule has 2 fully saturated rings. The van der Waals surface area contributed by atoms with E-state index in [-0.39, 0.29) is 12.4 Å². The van der Waals surface area contributed by atoms with Crippen LogP contribution in [0.25, 0.3) is 11.2 Å². The van der Waals surface area contributed by atoms with Crippen LogP contribution in [-0.2, 0) is 18.6 Å². The first-order valence-corrected chi connectivity index (χ1v) is 9.40. The predicted octanol–water partition coefficient (Wildman–Crippen LogP) is 0.603. The van der Waals surface area contributed by atoms with Gasteiger partial charge in [-0.15, -0.1) is 4.52 Å². The molecule has 0 spiro atoms. The number of rotatable bonds is 4. The number of imidazole rings is 1. The van der Waals surface area contributed by atoms with Gasteiger partial charge in [-0.25, -0.2) is 15.0 Å². The highest BCUT2D eigenvalue weighted by atomic mass is 31.1. The first-order chi connectivity index (χ1) is 11.8. The molecule has 10 nitrogen and oxygen atoms in total. The first kappa shape index (κ1) is 16.7. The third-order valence-corrected chi connectivity index (χ3v) is 5.47. The maximum atomic E-state index is 11.4. The van der Waals surface area contributed by atoms with Crippen LogP contribution in [0.4, 0.5) is 5.82 Å². The molecule has 2 aromatic heterocycles. The molecule has 4 rings (SSSR count). The lowest BCUT2D eigenvalue weighted by Gasteiger charge is -2.41. The highest BCUT2D eigenvalue weighted by molar-refractivity contribution is 7.38. The third kappa shape index (κ3) is 2.22. The number of aromatic nitrogens is 4. The SMILES string of the molecule is C[P+](=O)OC[C@]12O[C@@H](n3cnc4c(N)ncnc43)[C@H](OC1(C)C)[C@@H]2O. The second-order valence-corrected chi connectivity index (χ2v) is 7.87. The minimum Gasteiger partial charge on any atom is -0.387 e. The van der Waals surface area contributed by atoms with E-state index in [0.29, 0.717) is 11.2 Å². The lowest BCUT2D eigenvalue weighted by Crippen LogP contribution is -2.57. The summed E-state index contributed by atoms with van der Waals surface area (Å²) in [4.78, 5) is 12.3. The van der Waals surface area contributed by atoms with Crippen molar-refractivity contribution in [3.8, 4) is 0 Å². The van der Waals surface area contributed by atoms with E-state index in [0.717, 1.165) is 0 Å². The van der Waals surface area contributed by atoms with Gasteiger partial charge in [0, 0.05) is 0 Å². The van der Waals surface area contributed by atoms with E-state index in [1.165, 1.54) is 19.3 Å². The fraction of sp³-hybridized carbons (Fsp3) is 0.643. The average Bonchev–Trinajstić information content (AvgIpc) is 3.13. The number of fused-ring (bicyclic) bond motifs is 3. The maximum Gasteiger partial charge on any atom is 0.504 e. The number of anilines is 1. The van der Waals surface area contributed by atoms with Crippen molar-refractivity contribution in [1.82, 2.24) is 19.5 Å². The molecule has 134 valence electrons. The fourth-order valence-corrected chi connectivity index (χ4v) is 3.96. The molecule has 2 saturated heterocycles. The van der Waals surface area contributed by atoms with E-state index < -0.39 is 37.7 Å². The second kappa shape index (κ2) is 5.39. The normalized spacial score (nSPS) is 33.9. The molecule has 11 heteroatoms. The van der Waals surface area contributed by atoms with E-state index in [2.05, 4.69) is 15.0 Å². The van der Waals surface area contributed by atoms with Crippen LogP contribution in [0, 0.1) is 0 Å². The van der Waals surface area contributed by atoms with Gasteiger partial charge in [-0.3, -0.25) is 4.57 Å². The van der Waals surface area contributed by atoms with Crippen molar-refractivity contribution in [1.29, 1.82) is 0 Å². The summed E-state index contributed by atoms with van der Waals surface area (Å²) >= 11 is 0. The number of aliphatic hydroxyl groups excluding tert-OH is 1. The summed E-state index contributed by atoms with van der Waals surface area (Å²) in [6.45, 7) is 5.02. The molecule has 2 aromatic rings. The Morgan fingerprint density at radius 1 is 1.40 bits per heavy atom. The summed E-state index contributed by atoms with van der Waals surface area (Å²) in [7, 11) is -1.84. The van der Waals surface area contributed by atoms with E-state index in [1.807, 2.05) is 13.8 Å². The van der Waals surface area contributed by atoms with Crippen LogP contribution < -0.4 is 5.73 Å². The Kier molecular flexibility index (Phi) is 3.61. The molecule has 0 radical (unpaired) electrons. The van der Waals surface area contributed by atoms with Crippen LogP contribution in [0.15, 0.2) is 12.7 Å². The van der Waals surface area contributed by atoms with Crippen molar-refractivity contribution in [2.24, 2.45) is 0 Å². The highest BCUT2D eigenvalue weighted by Crippen LogP contribution is 2.54. The summed E-state index contributed by atoms with van der Waals surface area (Å²) in [5.41, 5.74) is 4.78. The molecule has 4 heterocycles. The number of hydrogen-bond acceptors (Lipinski definition) is 9. The van der Waals surface area contributed by atoms with Gasteiger partial charge in [-0.1, -0.05) is 0 Å². The molecule has 3 N–H and O–H groups in total. The van der Waals surface area contributed by atoms with E-state index in [1.54, 1.807) is 4.57 Å². The molecule has 2 aliphatic heterocycles. The van der Waals surface area contributed by atoms with Crippen molar-refractivity contribution < 1.29 is 23.7 Å². The van der Waals surface area contributed by atoms with E-state index in [4.69, 9.17) is 19.7 Å². The number of ether oxygens (including phenoxy) is 2. The third-order valence-electron chi connectivity index (χ3n) is 4.97. The number of nitrogen functional groups attached to an aromatic ring is 1. The molecule has 5 atom stereocenters. The largest absolute Gasteiger partial charge is 0.504 e. The van der Waals surface area contributed by atoms with Crippen molar-refractivity contribution in [3.05, 3.63) is 12.7 Å². The zero-order valence-corrected chi connectivity index (χ0v) is 14.9. The van der Waals surface area contributed by atoms with Gasteiger partial charge in [0.1, 0.15) is 30.7 Å². The summed E-state index contributed by atoms with van der Waals surface area (Å²) in [6, 6.07) is 0. The van der Waals surface area contributed by atoms with Crippen molar-refractivity contribution in [3.63, 3.8) is 0 Å². The average molecular weight is 368 g/mol. The van der Waals surface area contributed by atoms with Gasteiger partial charge in [0.25, 0.3) is 0 Å². The van der Waals surface area contributed by atoms with E-state index >= 15 is 0 Å². The zero-order chi connectivity index (χ0) is 18.0. The number of nitrogens with zero attached hydrogens (tertiary/aromatic N) is 4. The highest BCUT2D eigenvalue weighted by Gasteiger charge is 2.71. The summed E-state index contributed by atoms with van der Waals surface area (Å²) in [6.07, 6.45) is 0.589. The Bertz CT molecular complexity index is 857. The Labute approximate surface area is 144 Å². The van der Waals surface area contributed by atoms with Crippen LogP contribution in [0.5, 0.6) is 0 Å². The topological polar surface area (TPSA) is 135 Å². The molecule has 25 heavy (non-hydrogen) atoms. The van der Waals surface area contributed by atoms with Crippen molar-refractivity contribution in [2.45, 2.75) is 43.5 Å². The van der Waals surface area contributed by atoms with Gasteiger partial charge in [0.2, 0.25) is 0 Å². The minimum absolute atomic E-state index is 0.0520. The van der Waals surface area contributed by atoms with Crippen LogP contribution >= 0.6 is 8.03 Å². The monoisotopic (exact) mass is 368 g/mol. The number of hydrogen-bond donors (Lipinski definition) is 2. The molecular formula is C14H19N5O5P+. The van der Waals surface area contributed by atoms with Gasteiger partial charge in [0.15, 0.2) is 30.0 Å². The molecule has 1 unspecified atom stereocenters. The van der Waals surface area contributed by atoms with Gasteiger partial charge < -0.3 is 20.3 Å². The Balaban J connectivity index is 1.74. The fourth-order valence-electron chi connectivity index (χ4n) is 3.59. The molecule has 2 aliphatic rings. The smallest absolute Gasteiger partial charge is 0.387 e. The van der Waals surface area contributed by atoms with Gasteiger partial charge >= 0.3 is 8.03 Å². The Morgan fingerprint density at radius 2 is 2.16 bits per heavy atom.